The van der Waals surface area contributed by atoms with Crippen molar-refractivity contribution in [2.45, 2.75) is 67.2 Å². The fourth-order valence-electron chi connectivity index (χ4n) is 6.80. The van der Waals surface area contributed by atoms with Gasteiger partial charge in [-0.05, 0) is 85.5 Å². The number of ether oxygens (including phenoxy) is 1. The standard InChI is InChI=1S/C43H42N4O.Pt/c1-28(2)12-10-11-13-33-16-19-40-39(25-33)38-18-17-36(27-41(38)46(40)42-24-29(3)20-21-44-42)48-37-23-30(4)22-35(26-37)47-32(6)43(31(5)45-47)34-14-8-7-9-15-34;/h7-9,14-25,28H,10-13H2,1-6H3;/q-2;+2. The Morgan fingerprint density at radius 1 is 0.776 bits per heavy atom. The van der Waals surface area contributed by atoms with E-state index < -0.39 is 0 Å². The SMILES string of the molecule is Cc1cc(Oc2[c-]c3c(cc2)c2cc(CCCCC(C)C)ccc2n3-c2cc(C)ccn2)[c-]c(-n2nc(C)c(-c3ccccc3)c2C)c1.[Pt+2]. The largest absolute Gasteiger partial charge is 2.00 e. The first-order valence-corrected chi connectivity index (χ1v) is 17.0. The number of fused-ring (bicyclic) bond motifs is 3. The maximum absolute atomic E-state index is 6.52. The van der Waals surface area contributed by atoms with Crippen molar-refractivity contribution in [2.24, 2.45) is 5.92 Å². The Bertz CT molecular complexity index is 2250. The van der Waals surface area contributed by atoms with Crippen LogP contribution in [0.1, 0.15) is 61.2 Å². The van der Waals surface area contributed by atoms with Crippen LogP contribution in [0.5, 0.6) is 11.5 Å². The molecule has 0 atom stereocenters. The van der Waals surface area contributed by atoms with Crippen molar-refractivity contribution in [1.29, 1.82) is 0 Å². The van der Waals surface area contributed by atoms with Crippen LogP contribution in [0.3, 0.4) is 0 Å². The van der Waals surface area contributed by atoms with Gasteiger partial charge in [-0.3, -0.25) is 4.68 Å². The van der Waals surface area contributed by atoms with E-state index in [0.717, 1.165) is 73.9 Å². The van der Waals surface area contributed by atoms with Crippen LogP contribution in [-0.4, -0.2) is 19.3 Å². The van der Waals surface area contributed by atoms with E-state index in [1.807, 2.05) is 35.1 Å². The Kier molecular flexibility index (Phi) is 10.2. The van der Waals surface area contributed by atoms with Crippen LogP contribution in [0.25, 0.3) is 44.4 Å². The number of hydrogen-bond donors (Lipinski definition) is 0. The van der Waals surface area contributed by atoms with Crippen molar-refractivity contribution in [1.82, 2.24) is 19.3 Å². The summed E-state index contributed by atoms with van der Waals surface area (Å²) < 4.78 is 10.7. The van der Waals surface area contributed by atoms with Gasteiger partial charge in [-0.1, -0.05) is 81.6 Å². The molecule has 250 valence electrons. The van der Waals surface area contributed by atoms with E-state index in [1.165, 1.54) is 30.2 Å². The Labute approximate surface area is 304 Å². The number of aromatic nitrogens is 4. The maximum atomic E-state index is 6.52. The second-order valence-electron chi connectivity index (χ2n) is 13.4. The monoisotopic (exact) mass is 825 g/mol. The quantitative estimate of drug-likeness (QED) is 0.102. The molecule has 7 rings (SSSR count). The maximum Gasteiger partial charge on any atom is 2.00 e. The molecule has 0 amide bonds. The molecule has 0 bridgehead atoms. The number of aryl methyl sites for hydroxylation is 4. The fourth-order valence-corrected chi connectivity index (χ4v) is 6.80. The minimum absolute atomic E-state index is 0. The third-order valence-corrected chi connectivity index (χ3v) is 9.12. The average molecular weight is 826 g/mol. The molecule has 3 heterocycles. The first kappa shape index (κ1) is 34.4. The van der Waals surface area contributed by atoms with Gasteiger partial charge in [0.15, 0.2) is 0 Å². The molecule has 0 aliphatic heterocycles. The molecule has 0 aliphatic rings. The normalized spacial score (nSPS) is 11.4. The summed E-state index contributed by atoms with van der Waals surface area (Å²) in [4.78, 5) is 4.78. The van der Waals surface area contributed by atoms with E-state index in [1.54, 1.807) is 0 Å². The van der Waals surface area contributed by atoms with Gasteiger partial charge in [0.05, 0.1) is 5.69 Å². The van der Waals surface area contributed by atoms with E-state index in [2.05, 4.69) is 119 Å². The fraction of sp³-hybridized carbons (Fsp3) is 0.256. The summed E-state index contributed by atoms with van der Waals surface area (Å²) >= 11 is 0. The zero-order chi connectivity index (χ0) is 33.4. The summed E-state index contributed by atoms with van der Waals surface area (Å²) in [6.45, 7) is 12.9. The predicted molar refractivity (Wildman–Crippen MR) is 197 cm³/mol. The number of rotatable bonds is 10. The van der Waals surface area contributed by atoms with Gasteiger partial charge < -0.3 is 9.30 Å². The molecule has 0 radical (unpaired) electrons. The van der Waals surface area contributed by atoms with Crippen LogP contribution >= 0.6 is 0 Å². The van der Waals surface area contributed by atoms with Crippen LogP contribution in [0, 0.1) is 45.7 Å². The third kappa shape index (κ3) is 7.14. The first-order chi connectivity index (χ1) is 23.2. The molecule has 5 nitrogen and oxygen atoms in total. The van der Waals surface area contributed by atoms with Gasteiger partial charge in [0, 0.05) is 34.5 Å². The van der Waals surface area contributed by atoms with Crippen LogP contribution in [0.4, 0.5) is 0 Å². The zero-order valence-corrected chi connectivity index (χ0v) is 31.4. The van der Waals surface area contributed by atoms with Gasteiger partial charge in [-0.25, -0.2) is 4.98 Å². The van der Waals surface area contributed by atoms with Crippen molar-refractivity contribution < 1.29 is 25.8 Å². The molecule has 0 spiro atoms. The van der Waals surface area contributed by atoms with Gasteiger partial charge in [0.1, 0.15) is 5.82 Å². The number of hydrogen-bond acceptors (Lipinski definition) is 3. The Hall–Kier alpha value is -4.47. The van der Waals surface area contributed by atoms with Crippen molar-refractivity contribution in [2.75, 3.05) is 0 Å². The summed E-state index contributed by atoms with van der Waals surface area (Å²) in [5.41, 5.74) is 10.8. The molecular weight excluding hydrogens is 784 g/mol. The van der Waals surface area contributed by atoms with Crippen LogP contribution in [-0.2, 0) is 27.5 Å². The summed E-state index contributed by atoms with van der Waals surface area (Å²) in [6, 6.07) is 36.8. The summed E-state index contributed by atoms with van der Waals surface area (Å²) in [6.07, 6.45) is 6.68. The van der Waals surface area contributed by atoms with Gasteiger partial charge in [-0.2, -0.15) is 16.7 Å². The summed E-state index contributed by atoms with van der Waals surface area (Å²) in [7, 11) is 0. The van der Waals surface area contributed by atoms with Crippen LogP contribution in [0.2, 0.25) is 0 Å². The number of benzene rings is 4. The van der Waals surface area contributed by atoms with Crippen LogP contribution < -0.4 is 4.74 Å². The Morgan fingerprint density at radius 2 is 1.59 bits per heavy atom. The minimum atomic E-state index is 0. The molecule has 49 heavy (non-hydrogen) atoms. The summed E-state index contributed by atoms with van der Waals surface area (Å²) in [5.74, 6) is 2.86. The number of unbranched alkanes of at least 4 members (excludes halogenated alkanes) is 1. The second-order valence-corrected chi connectivity index (χ2v) is 13.4. The molecule has 0 N–H and O–H groups in total. The Morgan fingerprint density at radius 3 is 2.37 bits per heavy atom. The average Bonchev–Trinajstić information content (AvgIpc) is 3.55. The van der Waals surface area contributed by atoms with Crippen LogP contribution in [0.15, 0.2) is 91.1 Å². The number of pyridine rings is 1. The second kappa shape index (κ2) is 14.6. The van der Waals surface area contributed by atoms with E-state index in [4.69, 9.17) is 14.8 Å². The van der Waals surface area contributed by atoms with Gasteiger partial charge in [0.25, 0.3) is 0 Å². The molecule has 7 aromatic rings. The van der Waals surface area contributed by atoms with E-state index in [0.29, 0.717) is 11.5 Å². The van der Waals surface area contributed by atoms with Crippen molar-refractivity contribution in [3.05, 3.63) is 131 Å². The molecule has 0 aliphatic carbocycles. The minimum Gasteiger partial charge on any atom is -0.509 e. The smallest absolute Gasteiger partial charge is 0.509 e. The van der Waals surface area contributed by atoms with Crippen molar-refractivity contribution >= 4 is 21.8 Å². The Balaban J connectivity index is 0.00000417. The molecule has 0 fully saturated rings. The molecule has 0 saturated carbocycles. The van der Waals surface area contributed by atoms with Gasteiger partial charge in [0.2, 0.25) is 0 Å². The first-order valence-electron chi connectivity index (χ1n) is 17.0. The third-order valence-electron chi connectivity index (χ3n) is 9.12. The van der Waals surface area contributed by atoms with Gasteiger partial charge >= 0.3 is 21.1 Å². The molecule has 0 saturated heterocycles. The predicted octanol–water partition coefficient (Wildman–Crippen LogP) is 11.0. The molecule has 4 aromatic carbocycles. The van der Waals surface area contributed by atoms with Crippen molar-refractivity contribution in [3.8, 4) is 34.1 Å². The van der Waals surface area contributed by atoms with Crippen molar-refractivity contribution in [3.63, 3.8) is 0 Å². The van der Waals surface area contributed by atoms with Gasteiger partial charge in [-0.15, -0.1) is 35.7 Å². The molecule has 3 aromatic heterocycles. The molecular formula is C43H42N4OPt. The summed E-state index contributed by atoms with van der Waals surface area (Å²) in [5, 5.41) is 7.26. The number of nitrogens with zero attached hydrogens (tertiary/aromatic N) is 4. The van der Waals surface area contributed by atoms with E-state index >= 15 is 0 Å². The molecule has 6 heteroatoms. The molecule has 0 unspecified atom stereocenters. The van der Waals surface area contributed by atoms with E-state index in [9.17, 15) is 0 Å². The van der Waals surface area contributed by atoms with E-state index in [-0.39, 0.29) is 21.1 Å². The topological polar surface area (TPSA) is 44.9 Å². The zero-order valence-electron chi connectivity index (χ0n) is 29.1.